The third-order valence-electron chi connectivity index (χ3n) is 3.67. The summed E-state index contributed by atoms with van der Waals surface area (Å²) in [6, 6.07) is 10.6. The molecule has 0 atom stereocenters. The third-order valence-corrected chi connectivity index (χ3v) is 4.01. The summed E-state index contributed by atoms with van der Waals surface area (Å²) in [5.41, 5.74) is 3.65. The van der Waals surface area contributed by atoms with Crippen molar-refractivity contribution in [1.29, 1.82) is 0 Å². The second-order valence-corrected chi connectivity index (χ2v) is 5.45. The zero-order chi connectivity index (χ0) is 14.7. The van der Waals surface area contributed by atoms with E-state index in [2.05, 4.69) is 52.3 Å². The van der Waals surface area contributed by atoms with Crippen molar-refractivity contribution in [2.75, 3.05) is 6.54 Å². The van der Waals surface area contributed by atoms with E-state index in [-0.39, 0.29) is 0 Å². The van der Waals surface area contributed by atoms with E-state index in [1.165, 1.54) is 16.5 Å². The molecule has 1 N–H and O–H groups in total. The first-order valence-corrected chi connectivity index (χ1v) is 7.53. The summed E-state index contributed by atoms with van der Waals surface area (Å²) in [5.74, 6) is 0. The lowest BCUT2D eigenvalue weighted by atomic mass is 10.1. The van der Waals surface area contributed by atoms with Crippen LogP contribution in [0.5, 0.6) is 0 Å². The Kier molecular flexibility index (Phi) is 4.23. The molecule has 0 saturated heterocycles. The fourth-order valence-corrected chi connectivity index (χ4v) is 2.73. The fourth-order valence-electron chi connectivity index (χ4n) is 2.55. The first-order valence-electron chi connectivity index (χ1n) is 7.15. The van der Waals surface area contributed by atoms with E-state index < -0.39 is 0 Å². The summed E-state index contributed by atoms with van der Waals surface area (Å²) in [6.07, 6.45) is 5.60. The van der Waals surface area contributed by atoms with Crippen LogP contribution in [0.1, 0.15) is 18.1 Å². The van der Waals surface area contributed by atoms with Crippen molar-refractivity contribution >= 4 is 22.5 Å². The molecule has 0 saturated carbocycles. The molecule has 1 aromatic carbocycles. The molecule has 2 heterocycles. The molecule has 2 aromatic heterocycles. The topological polar surface area (TPSA) is 29.9 Å². The number of benzene rings is 1. The summed E-state index contributed by atoms with van der Waals surface area (Å²) in [4.78, 5) is 4.03. The minimum absolute atomic E-state index is 0.711. The molecule has 3 nitrogen and oxygen atoms in total. The van der Waals surface area contributed by atoms with Crippen molar-refractivity contribution in [3.63, 3.8) is 0 Å². The number of halogens is 1. The smallest absolute Gasteiger partial charge is 0.0639 e. The Balaban J connectivity index is 1.95. The largest absolute Gasteiger partial charge is 0.343 e. The van der Waals surface area contributed by atoms with E-state index in [1.54, 1.807) is 12.4 Å². The van der Waals surface area contributed by atoms with Gasteiger partial charge in [-0.2, -0.15) is 0 Å². The van der Waals surface area contributed by atoms with Crippen molar-refractivity contribution in [3.8, 4) is 0 Å². The summed E-state index contributed by atoms with van der Waals surface area (Å²) >= 11 is 6.21. The van der Waals surface area contributed by atoms with Crippen LogP contribution in [0.25, 0.3) is 10.9 Å². The van der Waals surface area contributed by atoms with Gasteiger partial charge in [0, 0.05) is 42.6 Å². The summed E-state index contributed by atoms with van der Waals surface area (Å²) < 4.78 is 2.23. The molecule has 3 aromatic rings. The molecule has 0 fully saturated rings. The van der Waals surface area contributed by atoms with Crippen molar-refractivity contribution in [3.05, 3.63) is 65.1 Å². The van der Waals surface area contributed by atoms with Crippen LogP contribution in [-0.4, -0.2) is 16.1 Å². The summed E-state index contributed by atoms with van der Waals surface area (Å²) in [7, 11) is 0. The average Bonchev–Trinajstić information content (AvgIpc) is 2.91. The maximum Gasteiger partial charge on any atom is 0.0639 e. The number of hydrogen-bond donors (Lipinski definition) is 1. The first kappa shape index (κ1) is 14.1. The third kappa shape index (κ3) is 2.94. The molecule has 0 aliphatic rings. The zero-order valence-corrected chi connectivity index (χ0v) is 12.8. The quantitative estimate of drug-likeness (QED) is 0.775. The fraction of sp³-hybridized carbons (Fsp3) is 0.235. The van der Waals surface area contributed by atoms with Crippen LogP contribution in [0.15, 0.2) is 48.9 Å². The van der Waals surface area contributed by atoms with Gasteiger partial charge in [-0.25, -0.2) is 0 Å². The molecule has 21 heavy (non-hydrogen) atoms. The van der Waals surface area contributed by atoms with Crippen LogP contribution in [0.3, 0.4) is 0 Å². The van der Waals surface area contributed by atoms with Crippen molar-refractivity contribution in [2.24, 2.45) is 0 Å². The number of pyridine rings is 1. The van der Waals surface area contributed by atoms with Crippen LogP contribution >= 0.6 is 11.6 Å². The predicted octanol–water partition coefficient (Wildman–Crippen LogP) is 3.85. The SMILES string of the molecule is CCNCc1cccc2c1ccn2Cc1ccncc1Cl. The molecule has 0 spiro atoms. The van der Waals surface area contributed by atoms with Gasteiger partial charge in [0.1, 0.15) is 0 Å². The molecule has 0 aliphatic heterocycles. The number of aromatic nitrogens is 2. The number of hydrogen-bond acceptors (Lipinski definition) is 2. The Morgan fingerprint density at radius 1 is 1.19 bits per heavy atom. The van der Waals surface area contributed by atoms with E-state index in [0.29, 0.717) is 5.02 Å². The lowest BCUT2D eigenvalue weighted by Gasteiger charge is -2.09. The Bertz CT molecular complexity index is 749. The standard InChI is InChI=1S/C17H18ClN3/c1-2-19-10-13-4-3-5-17-15(13)7-9-21(17)12-14-6-8-20-11-16(14)18/h3-9,11,19H,2,10,12H2,1H3. The molecule has 0 aliphatic carbocycles. The van der Waals surface area contributed by atoms with Gasteiger partial charge < -0.3 is 9.88 Å². The van der Waals surface area contributed by atoms with Gasteiger partial charge in [0.25, 0.3) is 0 Å². The molecular weight excluding hydrogens is 282 g/mol. The average molecular weight is 300 g/mol. The highest BCUT2D eigenvalue weighted by atomic mass is 35.5. The molecule has 3 rings (SSSR count). The molecule has 0 unspecified atom stereocenters. The lowest BCUT2D eigenvalue weighted by molar-refractivity contribution is 0.730. The van der Waals surface area contributed by atoms with Gasteiger partial charge in [0.2, 0.25) is 0 Å². The maximum atomic E-state index is 6.21. The van der Waals surface area contributed by atoms with Gasteiger partial charge in [-0.15, -0.1) is 0 Å². The van der Waals surface area contributed by atoms with Crippen LogP contribution in [0, 0.1) is 0 Å². The summed E-state index contributed by atoms with van der Waals surface area (Å²) in [6.45, 7) is 4.75. The van der Waals surface area contributed by atoms with Gasteiger partial charge in [-0.1, -0.05) is 30.7 Å². The van der Waals surface area contributed by atoms with Gasteiger partial charge in [0.05, 0.1) is 5.02 Å². The van der Waals surface area contributed by atoms with E-state index in [9.17, 15) is 0 Å². The minimum atomic E-state index is 0.711. The zero-order valence-electron chi connectivity index (χ0n) is 12.0. The molecule has 0 bridgehead atoms. The van der Waals surface area contributed by atoms with Gasteiger partial charge in [0.15, 0.2) is 0 Å². The second kappa shape index (κ2) is 6.29. The van der Waals surface area contributed by atoms with Crippen molar-refractivity contribution in [2.45, 2.75) is 20.0 Å². The maximum absolute atomic E-state index is 6.21. The number of nitrogens with one attached hydrogen (secondary N) is 1. The van der Waals surface area contributed by atoms with Crippen molar-refractivity contribution in [1.82, 2.24) is 14.9 Å². The Morgan fingerprint density at radius 2 is 2.10 bits per heavy atom. The van der Waals surface area contributed by atoms with Crippen molar-refractivity contribution < 1.29 is 0 Å². The van der Waals surface area contributed by atoms with E-state index in [4.69, 9.17) is 11.6 Å². The Hall–Kier alpha value is -1.84. The van der Waals surface area contributed by atoms with Crippen LogP contribution < -0.4 is 5.32 Å². The second-order valence-electron chi connectivity index (χ2n) is 5.04. The molecule has 4 heteroatoms. The number of fused-ring (bicyclic) bond motifs is 1. The normalized spacial score (nSPS) is 11.1. The lowest BCUT2D eigenvalue weighted by Crippen LogP contribution is -2.11. The van der Waals surface area contributed by atoms with Gasteiger partial charge in [-0.05, 0) is 35.9 Å². The Labute approximate surface area is 129 Å². The van der Waals surface area contributed by atoms with Gasteiger partial charge in [-0.3, -0.25) is 4.98 Å². The molecule has 0 amide bonds. The molecule has 108 valence electrons. The highest BCUT2D eigenvalue weighted by molar-refractivity contribution is 6.31. The number of rotatable bonds is 5. The monoisotopic (exact) mass is 299 g/mol. The minimum Gasteiger partial charge on any atom is -0.343 e. The van der Waals surface area contributed by atoms with E-state index >= 15 is 0 Å². The van der Waals surface area contributed by atoms with Crippen LogP contribution in [0.2, 0.25) is 5.02 Å². The van der Waals surface area contributed by atoms with Gasteiger partial charge >= 0.3 is 0 Å². The van der Waals surface area contributed by atoms with E-state index in [1.807, 2.05) is 6.07 Å². The van der Waals surface area contributed by atoms with E-state index in [0.717, 1.165) is 25.2 Å². The number of nitrogens with zero attached hydrogens (tertiary/aromatic N) is 2. The van der Waals surface area contributed by atoms with Crippen LogP contribution in [-0.2, 0) is 13.1 Å². The summed E-state index contributed by atoms with van der Waals surface area (Å²) in [5, 5.41) is 5.39. The highest BCUT2D eigenvalue weighted by Gasteiger charge is 2.07. The highest BCUT2D eigenvalue weighted by Crippen LogP contribution is 2.23. The molecular formula is C17H18ClN3. The first-order chi connectivity index (χ1) is 10.3. The predicted molar refractivity (Wildman–Crippen MR) is 87.7 cm³/mol. The Morgan fingerprint density at radius 3 is 2.90 bits per heavy atom. The molecule has 0 radical (unpaired) electrons. The van der Waals surface area contributed by atoms with Crippen LogP contribution in [0.4, 0.5) is 0 Å².